The summed E-state index contributed by atoms with van der Waals surface area (Å²) in [6, 6.07) is 0.00735. The van der Waals surface area contributed by atoms with Gasteiger partial charge in [-0.1, -0.05) is 6.92 Å². The van der Waals surface area contributed by atoms with E-state index < -0.39 is 5.97 Å². The van der Waals surface area contributed by atoms with Crippen LogP contribution in [-0.2, 0) is 4.79 Å². The van der Waals surface area contributed by atoms with Crippen molar-refractivity contribution >= 4 is 12.0 Å². The summed E-state index contributed by atoms with van der Waals surface area (Å²) in [6.07, 6.45) is 3.81. The average Bonchev–Trinajstić information content (AvgIpc) is 2.66. The van der Waals surface area contributed by atoms with Crippen molar-refractivity contribution in [1.29, 1.82) is 0 Å². The normalized spacial score (nSPS) is 19.2. The van der Waals surface area contributed by atoms with Crippen LogP contribution >= 0.6 is 0 Å². The van der Waals surface area contributed by atoms with Crippen LogP contribution < -0.4 is 5.32 Å². The Labute approximate surface area is 115 Å². The Morgan fingerprint density at radius 1 is 1.37 bits per heavy atom. The fourth-order valence-corrected chi connectivity index (χ4v) is 2.52. The number of hydrogen-bond acceptors (Lipinski definition) is 2. The summed E-state index contributed by atoms with van der Waals surface area (Å²) < 4.78 is 0. The molecule has 0 aliphatic carbocycles. The molecule has 19 heavy (non-hydrogen) atoms. The molecule has 0 bridgehead atoms. The number of urea groups is 1. The zero-order chi connectivity index (χ0) is 14.5. The molecule has 5 nitrogen and oxygen atoms in total. The fraction of sp³-hybridized carbons (Fsp3) is 0.857. The lowest BCUT2D eigenvalue weighted by molar-refractivity contribution is -0.137. The number of amides is 2. The second kappa shape index (κ2) is 6.78. The van der Waals surface area contributed by atoms with Gasteiger partial charge in [0.2, 0.25) is 0 Å². The number of nitrogens with one attached hydrogen (secondary N) is 1. The maximum atomic E-state index is 12.0. The van der Waals surface area contributed by atoms with Gasteiger partial charge in [0.1, 0.15) is 0 Å². The molecule has 0 aromatic carbocycles. The molecule has 1 aliphatic heterocycles. The van der Waals surface area contributed by atoms with Crippen molar-refractivity contribution in [2.24, 2.45) is 5.92 Å². The molecule has 1 saturated heterocycles. The molecule has 2 N–H and O–H groups in total. The third-order valence-electron chi connectivity index (χ3n) is 3.91. The first-order valence-corrected chi connectivity index (χ1v) is 7.10. The van der Waals surface area contributed by atoms with Gasteiger partial charge in [-0.05, 0) is 45.4 Å². The second-order valence-corrected chi connectivity index (χ2v) is 6.13. The van der Waals surface area contributed by atoms with Crippen molar-refractivity contribution in [3.8, 4) is 0 Å². The maximum absolute atomic E-state index is 12.0. The number of hydrogen-bond donors (Lipinski definition) is 2. The van der Waals surface area contributed by atoms with Crippen LogP contribution in [-0.4, -0.2) is 40.6 Å². The van der Waals surface area contributed by atoms with Crippen molar-refractivity contribution in [1.82, 2.24) is 10.2 Å². The lowest BCUT2D eigenvalue weighted by atomic mass is 10.0. The van der Waals surface area contributed by atoms with E-state index in [4.69, 9.17) is 5.11 Å². The van der Waals surface area contributed by atoms with Crippen LogP contribution in [0.5, 0.6) is 0 Å². The Hall–Kier alpha value is -1.26. The monoisotopic (exact) mass is 270 g/mol. The summed E-state index contributed by atoms with van der Waals surface area (Å²) in [5.74, 6) is -0.433. The number of carboxylic acid groups (broad SMARTS) is 1. The van der Waals surface area contributed by atoms with E-state index in [1.165, 1.54) is 0 Å². The van der Waals surface area contributed by atoms with Crippen molar-refractivity contribution in [3.63, 3.8) is 0 Å². The van der Waals surface area contributed by atoms with E-state index in [-0.39, 0.29) is 18.0 Å². The lowest BCUT2D eigenvalue weighted by Crippen LogP contribution is -2.48. The van der Waals surface area contributed by atoms with Crippen molar-refractivity contribution < 1.29 is 14.7 Å². The van der Waals surface area contributed by atoms with E-state index in [1.54, 1.807) is 0 Å². The predicted octanol–water partition coefficient (Wildman–Crippen LogP) is 2.46. The highest BCUT2D eigenvalue weighted by molar-refractivity contribution is 5.75. The summed E-state index contributed by atoms with van der Waals surface area (Å²) in [4.78, 5) is 24.4. The van der Waals surface area contributed by atoms with Crippen LogP contribution in [0.2, 0.25) is 0 Å². The Kier molecular flexibility index (Phi) is 5.63. The van der Waals surface area contributed by atoms with E-state index >= 15 is 0 Å². The van der Waals surface area contributed by atoms with Gasteiger partial charge in [-0.15, -0.1) is 0 Å². The highest BCUT2D eigenvalue weighted by atomic mass is 16.4. The summed E-state index contributed by atoms with van der Waals surface area (Å²) in [6.45, 7) is 7.65. The van der Waals surface area contributed by atoms with Gasteiger partial charge in [0.25, 0.3) is 0 Å². The number of carbonyl (C=O) groups excluding carboxylic acids is 1. The van der Waals surface area contributed by atoms with Gasteiger partial charge in [-0.25, -0.2) is 4.79 Å². The van der Waals surface area contributed by atoms with E-state index in [2.05, 4.69) is 19.2 Å². The summed E-state index contributed by atoms with van der Waals surface area (Å²) in [7, 11) is 0. The van der Waals surface area contributed by atoms with Crippen LogP contribution in [0.25, 0.3) is 0 Å². The number of carboxylic acids is 1. The van der Waals surface area contributed by atoms with Crippen LogP contribution in [0.4, 0.5) is 4.79 Å². The van der Waals surface area contributed by atoms with Crippen LogP contribution in [0.1, 0.15) is 52.9 Å². The first-order valence-electron chi connectivity index (χ1n) is 7.10. The molecule has 1 unspecified atom stereocenters. The molecule has 0 aromatic heterocycles. The molecule has 1 rings (SSSR count). The number of carbonyl (C=O) groups is 2. The van der Waals surface area contributed by atoms with Crippen LogP contribution in [0.15, 0.2) is 0 Å². The first-order chi connectivity index (χ1) is 8.83. The first kappa shape index (κ1) is 15.8. The third-order valence-corrected chi connectivity index (χ3v) is 3.91. The summed E-state index contributed by atoms with van der Waals surface area (Å²) in [5.41, 5.74) is -0.0427. The summed E-state index contributed by atoms with van der Waals surface area (Å²) >= 11 is 0. The zero-order valence-electron chi connectivity index (χ0n) is 12.2. The van der Waals surface area contributed by atoms with Gasteiger partial charge in [-0.3, -0.25) is 4.79 Å². The summed E-state index contributed by atoms with van der Waals surface area (Å²) in [5, 5.41) is 11.5. The Morgan fingerprint density at radius 3 is 2.58 bits per heavy atom. The number of likely N-dealkylation sites (tertiary alicyclic amines) is 1. The smallest absolute Gasteiger partial charge is 0.317 e. The quantitative estimate of drug-likeness (QED) is 0.779. The minimum absolute atomic E-state index is 0.00735. The minimum Gasteiger partial charge on any atom is -0.481 e. The molecule has 0 saturated carbocycles. The van der Waals surface area contributed by atoms with E-state index in [0.29, 0.717) is 18.9 Å². The number of rotatable bonds is 6. The maximum Gasteiger partial charge on any atom is 0.317 e. The molecular formula is C14H26N2O3. The Bertz CT molecular complexity index is 329. The predicted molar refractivity (Wildman–Crippen MR) is 74.1 cm³/mol. The van der Waals surface area contributed by atoms with Crippen LogP contribution in [0.3, 0.4) is 0 Å². The second-order valence-electron chi connectivity index (χ2n) is 6.13. The van der Waals surface area contributed by atoms with Crippen LogP contribution in [0, 0.1) is 5.92 Å². The molecule has 1 aliphatic rings. The molecule has 2 amide bonds. The SMILES string of the molecule is CC(CCNC(=O)N1CCCC1(C)C)CCC(=O)O. The number of aliphatic carboxylic acids is 1. The van der Waals surface area contributed by atoms with E-state index in [9.17, 15) is 9.59 Å². The highest BCUT2D eigenvalue weighted by Crippen LogP contribution is 2.27. The molecule has 1 heterocycles. The van der Waals surface area contributed by atoms with Gasteiger partial charge >= 0.3 is 12.0 Å². The molecule has 1 atom stereocenters. The molecule has 1 fully saturated rings. The third kappa shape index (κ3) is 5.09. The largest absolute Gasteiger partial charge is 0.481 e. The van der Waals surface area contributed by atoms with Crippen molar-refractivity contribution in [2.75, 3.05) is 13.1 Å². The number of nitrogens with zero attached hydrogens (tertiary/aromatic N) is 1. The molecular weight excluding hydrogens is 244 g/mol. The minimum atomic E-state index is -0.755. The molecule has 0 aromatic rings. The zero-order valence-corrected chi connectivity index (χ0v) is 12.2. The van der Waals surface area contributed by atoms with Gasteiger partial charge in [0, 0.05) is 25.0 Å². The lowest BCUT2D eigenvalue weighted by Gasteiger charge is -2.31. The van der Waals surface area contributed by atoms with Gasteiger partial charge in [0.15, 0.2) is 0 Å². The van der Waals surface area contributed by atoms with E-state index in [0.717, 1.165) is 25.8 Å². The highest BCUT2D eigenvalue weighted by Gasteiger charge is 2.35. The topological polar surface area (TPSA) is 69.6 Å². The fourth-order valence-electron chi connectivity index (χ4n) is 2.52. The Morgan fingerprint density at radius 2 is 2.05 bits per heavy atom. The standard InChI is InChI=1S/C14H26N2O3/c1-11(5-6-12(17)18)7-9-15-13(19)16-10-4-8-14(16,2)3/h11H,4-10H2,1-3H3,(H,15,19)(H,17,18). The Balaban J connectivity index is 2.22. The molecule has 0 spiro atoms. The molecule has 110 valence electrons. The molecule has 0 radical (unpaired) electrons. The van der Waals surface area contributed by atoms with Crippen molar-refractivity contribution in [3.05, 3.63) is 0 Å². The molecule has 5 heteroatoms. The van der Waals surface area contributed by atoms with E-state index in [1.807, 2.05) is 11.8 Å². The van der Waals surface area contributed by atoms with Gasteiger partial charge in [-0.2, -0.15) is 0 Å². The van der Waals surface area contributed by atoms with Gasteiger partial charge in [0.05, 0.1) is 0 Å². The van der Waals surface area contributed by atoms with Gasteiger partial charge < -0.3 is 15.3 Å². The average molecular weight is 270 g/mol. The van der Waals surface area contributed by atoms with Crippen molar-refractivity contribution in [2.45, 2.75) is 58.4 Å².